The van der Waals surface area contributed by atoms with Gasteiger partial charge in [0.15, 0.2) is 0 Å². The standard InChI is InChI=1S/C14H16N2O/c1-11-5-6-14(10-16-11)17-13-4-2-3-12(9-13)7-8-15/h2-6,9-10H,7-8,15H2,1H3. The SMILES string of the molecule is Cc1ccc(Oc2cccc(CCN)c2)cn1. The normalized spacial score (nSPS) is 10.2. The number of nitrogens with two attached hydrogens (primary N) is 1. The summed E-state index contributed by atoms with van der Waals surface area (Å²) in [5.74, 6) is 1.57. The van der Waals surface area contributed by atoms with E-state index in [4.69, 9.17) is 10.5 Å². The Kier molecular flexibility index (Phi) is 3.73. The highest BCUT2D eigenvalue weighted by molar-refractivity contribution is 5.33. The highest BCUT2D eigenvalue weighted by atomic mass is 16.5. The van der Waals surface area contributed by atoms with Crippen LogP contribution in [0.25, 0.3) is 0 Å². The molecule has 3 nitrogen and oxygen atoms in total. The molecule has 0 saturated heterocycles. The molecule has 1 aromatic heterocycles. The van der Waals surface area contributed by atoms with E-state index in [0.717, 1.165) is 23.6 Å². The molecular formula is C14H16N2O. The van der Waals surface area contributed by atoms with Crippen molar-refractivity contribution < 1.29 is 4.74 Å². The van der Waals surface area contributed by atoms with Crippen molar-refractivity contribution in [3.8, 4) is 11.5 Å². The van der Waals surface area contributed by atoms with Gasteiger partial charge < -0.3 is 10.5 Å². The number of hydrogen-bond donors (Lipinski definition) is 1. The first-order chi connectivity index (χ1) is 8.28. The van der Waals surface area contributed by atoms with Crippen LogP contribution in [-0.2, 0) is 6.42 Å². The molecule has 0 unspecified atom stereocenters. The third-order valence-electron chi connectivity index (χ3n) is 2.45. The topological polar surface area (TPSA) is 48.1 Å². The number of hydrogen-bond acceptors (Lipinski definition) is 3. The predicted molar refractivity (Wildman–Crippen MR) is 68.2 cm³/mol. The summed E-state index contributed by atoms with van der Waals surface area (Å²) >= 11 is 0. The highest BCUT2D eigenvalue weighted by Gasteiger charge is 1.99. The number of ether oxygens (including phenoxy) is 1. The molecule has 0 aliphatic heterocycles. The molecule has 0 bridgehead atoms. The van der Waals surface area contributed by atoms with Gasteiger partial charge in [0.25, 0.3) is 0 Å². The summed E-state index contributed by atoms with van der Waals surface area (Å²) < 4.78 is 5.72. The van der Waals surface area contributed by atoms with Crippen molar-refractivity contribution in [1.29, 1.82) is 0 Å². The van der Waals surface area contributed by atoms with Gasteiger partial charge >= 0.3 is 0 Å². The number of rotatable bonds is 4. The molecule has 88 valence electrons. The van der Waals surface area contributed by atoms with Crippen LogP contribution >= 0.6 is 0 Å². The lowest BCUT2D eigenvalue weighted by Gasteiger charge is -2.07. The summed E-state index contributed by atoms with van der Waals surface area (Å²) in [6.07, 6.45) is 2.59. The zero-order chi connectivity index (χ0) is 12.1. The number of benzene rings is 1. The molecule has 0 fully saturated rings. The summed E-state index contributed by atoms with van der Waals surface area (Å²) in [7, 11) is 0. The van der Waals surface area contributed by atoms with Gasteiger partial charge in [-0.1, -0.05) is 12.1 Å². The van der Waals surface area contributed by atoms with Gasteiger partial charge in [0, 0.05) is 5.69 Å². The van der Waals surface area contributed by atoms with E-state index in [1.807, 2.05) is 43.3 Å². The first-order valence-corrected chi connectivity index (χ1v) is 5.67. The van der Waals surface area contributed by atoms with Crippen LogP contribution in [0.1, 0.15) is 11.3 Å². The Bertz CT molecular complexity index is 480. The lowest BCUT2D eigenvalue weighted by atomic mass is 10.1. The summed E-state index contributed by atoms with van der Waals surface area (Å²) in [5.41, 5.74) is 7.70. The first-order valence-electron chi connectivity index (χ1n) is 5.67. The van der Waals surface area contributed by atoms with Gasteiger partial charge in [-0.2, -0.15) is 0 Å². The zero-order valence-corrected chi connectivity index (χ0v) is 9.89. The van der Waals surface area contributed by atoms with E-state index in [2.05, 4.69) is 4.98 Å². The van der Waals surface area contributed by atoms with Gasteiger partial charge in [-0.15, -0.1) is 0 Å². The fraction of sp³-hybridized carbons (Fsp3) is 0.214. The Balaban J connectivity index is 2.12. The van der Waals surface area contributed by atoms with Crippen molar-refractivity contribution in [2.75, 3.05) is 6.54 Å². The zero-order valence-electron chi connectivity index (χ0n) is 9.89. The Morgan fingerprint density at radius 1 is 1.18 bits per heavy atom. The van der Waals surface area contributed by atoms with E-state index in [-0.39, 0.29) is 0 Å². The second-order valence-electron chi connectivity index (χ2n) is 3.92. The maximum atomic E-state index is 5.72. The van der Waals surface area contributed by atoms with Crippen LogP contribution in [0.2, 0.25) is 0 Å². The average Bonchev–Trinajstić information content (AvgIpc) is 2.33. The quantitative estimate of drug-likeness (QED) is 0.875. The average molecular weight is 228 g/mol. The van der Waals surface area contributed by atoms with Gasteiger partial charge in [0.1, 0.15) is 11.5 Å². The van der Waals surface area contributed by atoms with Gasteiger partial charge in [-0.3, -0.25) is 4.98 Å². The van der Waals surface area contributed by atoms with Crippen molar-refractivity contribution >= 4 is 0 Å². The fourth-order valence-corrected chi connectivity index (χ4v) is 1.58. The maximum absolute atomic E-state index is 5.72. The highest BCUT2D eigenvalue weighted by Crippen LogP contribution is 2.21. The van der Waals surface area contributed by atoms with Crippen molar-refractivity contribution in [3.63, 3.8) is 0 Å². The Labute approximate surface area is 101 Å². The third-order valence-corrected chi connectivity index (χ3v) is 2.45. The van der Waals surface area contributed by atoms with Crippen LogP contribution in [0.15, 0.2) is 42.6 Å². The number of pyridine rings is 1. The van der Waals surface area contributed by atoms with Crippen LogP contribution in [-0.4, -0.2) is 11.5 Å². The monoisotopic (exact) mass is 228 g/mol. The molecule has 2 rings (SSSR count). The number of aryl methyl sites for hydroxylation is 1. The van der Waals surface area contributed by atoms with Crippen LogP contribution in [0, 0.1) is 6.92 Å². The minimum Gasteiger partial charge on any atom is -0.456 e. The second-order valence-corrected chi connectivity index (χ2v) is 3.92. The number of nitrogens with zero attached hydrogens (tertiary/aromatic N) is 1. The lowest BCUT2D eigenvalue weighted by molar-refractivity contribution is 0.479. The molecule has 0 spiro atoms. The lowest BCUT2D eigenvalue weighted by Crippen LogP contribution is -2.02. The third kappa shape index (κ3) is 3.29. The minimum atomic E-state index is 0.648. The Morgan fingerprint density at radius 2 is 2.06 bits per heavy atom. The van der Waals surface area contributed by atoms with Gasteiger partial charge in [-0.25, -0.2) is 0 Å². The summed E-state index contributed by atoms with van der Waals surface area (Å²) in [4.78, 5) is 4.19. The molecule has 2 aromatic rings. The van der Waals surface area contributed by atoms with E-state index in [1.165, 1.54) is 5.56 Å². The van der Waals surface area contributed by atoms with E-state index < -0.39 is 0 Å². The second kappa shape index (κ2) is 5.46. The van der Waals surface area contributed by atoms with Crippen molar-refractivity contribution in [3.05, 3.63) is 53.9 Å². The Hall–Kier alpha value is -1.87. The van der Waals surface area contributed by atoms with Gasteiger partial charge in [0.05, 0.1) is 6.20 Å². The van der Waals surface area contributed by atoms with Crippen LogP contribution < -0.4 is 10.5 Å². The van der Waals surface area contributed by atoms with Crippen molar-refractivity contribution in [2.24, 2.45) is 5.73 Å². The summed E-state index contributed by atoms with van der Waals surface area (Å²) in [6.45, 7) is 2.60. The minimum absolute atomic E-state index is 0.648. The molecule has 0 radical (unpaired) electrons. The molecule has 0 saturated carbocycles. The maximum Gasteiger partial charge on any atom is 0.145 e. The van der Waals surface area contributed by atoms with Gasteiger partial charge in [0.2, 0.25) is 0 Å². The molecule has 2 N–H and O–H groups in total. The van der Waals surface area contributed by atoms with Gasteiger partial charge in [-0.05, 0) is 49.7 Å². The van der Waals surface area contributed by atoms with E-state index in [0.29, 0.717) is 6.54 Å². The van der Waals surface area contributed by atoms with Crippen LogP contribution in [0.5, 0.6) is 11.5 Å². The van der Waals surface area contributed by atoms with Crippen LogP contribution in [0.4, 0.5) is 0 Å². The molecule has 1 heterocycles. The number of aromatic nitrogens is 1. The molecular weight excluding hydrogens is 212 g/mol. The van der Waals surface area contributed by atoms with Crippen LogP contribution in [0.3, 0.4) is 0 Å². The largest absolute Gasteiger partial charge is 0.456 e. The smallest absolute Gasteiger partial charge is 0.145 e. The van der Waals surface area contributed by atoms with E-state index >= 15 is 0 Å². The summed E-state index contributed by atoms with van der Waals surface area (Å²) in [6, 6.07) is 11.8. The van der Waals surface area contributed by atoms with E-state index in [9.17, 15) is 0 Å². The molecule has 0 atom stereocenters. The van der Waals surface area contributed by atoms with Crippen molar-refractivity contribution in [2.45, 2.75) is 13.3 Å². The molecule has 1 aromatic carbocycles. The first kappa shape index (κ1) is 11.6. The molecule has 3 heteroatoms. The Morgan fingerprint density at radius 3 is 2.76 bits per heavy atom. The molecule has 0 amide bonds. The fourth-order valence-electron chi connectivity index (χ4n) is 1.58. The predicted octanol–water partition coefficient (Wildman–Crippen LogP) is 2.68. The molecule has 0 aliphatic carbocycles. The van der Waals surface area contributed by atoms with E-state index in [1.54, 1.807) is 6.20 Å². The molecule has 17 heavy (non-hydrogen) atoms. The summed E-state index contributed by atoms with van der Waals surface area (Å²) in [5, 5.41) is 0. The van der Waals surface area contributed by atoms with Crippen molar-refractivity contribution in [1.82, 2.24) is 4.98 Å². The molecule has 0 aliphatic rings.